The van der Waals surface area contributed by atoms with Gasteiger partial charge in [0.05, 0.1) is 0 Å². The molecule has 0 aromatic heterocycles. The van der Waals surface area contributed by atoms with Crippen molar-refractivity contribution in [3.05, 3.63) is 0 Å². The van der Waals surface area contributed by atoms with Crippen LogP contribution in [-0.2, 0) is 53.5 Å². The maximum atomic E-state index is 8.67. The van der Waals surface area contributed by atoms with Gasteiger partial charge in [0, 0.05) is 42.1 Å². The second kappa shape index (κ2) is 15.8. The molecule has 7 heavy (non-hydrogen) atoms. The fourth-order valence-electron chi connectivity index (χ4n) is 0. The van der Waals surface area contributed by atoms with E-state index >= 15 is 0 Å². The van der Waals surface area contributed by atoms with E-state index in [0.29, 0.717) is 0 Å². The predicted molar refractivity (Wildman–Crippen MR) is 20.5 cm³/mol. The van der Waals surface area contributed by atoms with Crippen LogP contribution in [0.3, 0.4) is 0 Å². The molecule has 0 aromatic rings. The molecule has 0 atom stereocenters. The van der Waals surface area contributed by atoms with Crippen LogP contribution in [0.4, 0.5) is 0 Å². The van der Waals surface area contributed by atoms with Gasteiger partial charge in [-0.05, 0) is 0 Å². The molecule has 2 N–H and O–H groups in total. The molecule has 0 aliphatic rings. The maximum Gasteiger partial charge on any atom is 0 e. The quantitative estimate of drug-likeness (QED) is 0.336. The van der Waals surface area contributed by atoms with E-state index in [1.54, 1.807) is 0 Å². The van der Waals surface area contributed by atoms with Gasteiger partial charge in [-0.25, -0.2) is 0 Å². The first-order chi connectivity index (χ1) is 1.73. The summed E-state index contributed by atoms with van der Waals surface area (Å²) in [6, 6.07) is 0. The van der Waals surface area contributed by atoms with Gasteiger partial charge < -0.3 is 0 Å². The Morgan fingerprint density at radius 2 is 1.14 bits per heavy atom. The Kier molecular flexibility index (Phi) is 51.2. The minimum absolute atomic E-state index is 0. The van der Waals surface area contributed by atoms with Crippen LogP contribution >= 0.6 is 0 Å². The van der Waals surface area contributed by atoms with Crippen molar-refractivity contribution in [1.82, 2.24) is 0 Å². The van der Waals surface area contributed by atoms with E-state index < -0.39 is 11.4 Å². The summed E-state index contributed by atoms with van der Waals surface area (Å²) in [6.45, 7) is 0. The van der Waals surface area contributed by atoms with E-state index in [1.807, 2.05) is 0 Å². The van der Waals surface area contributed by atoms with Gasteiger partial charge in [-0.15, -0.1) is 0 Å². The third-order valence-corrected chi connectivity index (χ3v) is 0. The summed E-state index contributed by atoms with van der Waals surface area (Å²) >= 11 is -2.61. The van der Waals surface area contributed by atoms with Gasteiger partial charge in [0.1, 0.15) is 0 Å². The van der Waals surface area contributed by atoms with E-state index in [1.165, 1.54) is 0 Å². The van der Waals surface area contributed by atoms with Gasteiger partial charge in [0.25, 0.3) is 11.4 Å². The zero-order valence-electron chi connectivity index (χ0n) is 2.34. The monoisotopic (exact) mass is 496 g/mol. The van der Waals surface area contributed by atoms with Gasteiger partial charge in [0.2, 0.25) is 0 Å². The molecule has 0 bridgehead atoms. The Hall–Kier alpha value is 2.45. The topological polar surface area (TPSA) is 57.5 Å². The Bertz CT molecular complexity index is 35.9. The van der Waals surface area contributed by atoms with Crippen molar-refractivity contribution >= 4 is 40.9 Å². The van der Waals surface area contributed by atoms with E-state index in [4.69, 9.17) is 13.3 Å². The zero-order chi connectivity index (χ0) is 3.58. The zero-order valence-corrected chi connectivity index (χ0v) is 7.70. The van der Waals surface area contributed by atoms with Crippen LogP contribution in [-0.4, -0.2) is 42.9 Å². The fraction of sp³-hybridized carbons (Fsp3) is 0. The minimum Gasteiger partial charge on any atom is 0 e. The molecule has 0 spiro atoms. The van der Waals surface area contributed by atoms with Gasteiger partial charge >= 0.3 is 29.6 Å². The van der Waals surface area contributed by atoms with Crippen LogP contribution in [0.2, 0.25) is 0 Å². The van der Waals surface area contributed by atoms with Crippen molar-refractivity contribution in [2.75, 3.05) is 0 Å². The average molecular weight is 496 g/mol. The summed E-state index contributed by atoms with van der Waals surface area (Å²) < 4.78 is 22.8. The summed E-state index contributed by atoms with van der Waals surface area (Å²) in [5.41, 5.74) is 0. The number of hydrogen-bond donors (Lipinski definition) is 2. The molecule has 0 fully saturated rings. The first kappa shape index (κ1) is 22.7. The van der Waals surface area contributed by atoms with Crippen molar-refractivity contribution in [1.29, 1.82) is 0 Å². The van der Waals surface area contributed by atoms with Crippen LogP contribution in [0.5, 0.6) is 0 Å². The number of rotatable bonds is 0. The van der Waals surface area contributed by atoms with E-state index in [2.05, 4.69) is 0 Å². The fourth-order valence-corrected chi connectivity index (χ4v) is 0. The van der Waals surface area contributed by atoms with Crippen LogP contribution in [0.1, 0.15) is 0 Å². The van der Waals surface area contributed by atoms with Crippen molar-refractivity contribution in [3.63, 3.8) is 0 Å². The Morgan fingerprint density at radius 1 is 1.14 bits per heavy atom. The molecule has 0 heterocycles. The van der Waals surface area contributed by atoms with Crippen molar-refractivity contribution < 1.29 is 55.4 Å². The molecule has 0 saturated carbocycles. The first-order valence-electron chi connectivity index (χ1n) is 0.532. The normalized spacial score (nSPS) is 5.00. The second-order valence-corrected chi connectivity index (χ2v) is 0.692. The first-order valence-corrected chi connectivity index (χ1v) is 1.60. The molecular formula is H3NaO3Pt2S. The second-order valence-electron chi connectivity index (χ2n) is 0.231. The minimum atomic E-state index is -2.61. The van der Waals surface area contributed by atoms with E-state index in [-0.39, 0.29) is 71.7 Å². The molecule has 48 valence electrons. The number of hydrogen-bond acceptors (Lipinski definition) is 1. The van der Waals surface area contributed by atoms with Crippen LogP contribution in [0.25, 0.3) is 0 Å². The molecule has 0 unspecified atom stereocenters. The largest absolute Gasteiger partial charge is 0 e. The molecule has 7 heteroatoms. The molecule has 0 radical (unpaired) electrons. The van der Waals surface area contributed by atoms with Crippen molar-refractivity contribution in [2.45, 2.75) is 0 Å². The van der Waals surface area contributed by atoms with Crippen molar-refractivity contribution in [2.24, 2.45) is 0 Å². The van der Waals surface area contributed by atoms with E-state index in [0.717, 1.165) is 0 Å². The van der Waals surface area contributed by atoms with Crippen LogP contribution in [0.15, 0.2) is 0 Å². The molecule has 0 aromatic carbocycles. The SMILES string of the molecule is O=S(O)O.[NaH].[Pt].[Pt]. The van der Waals surface area contributed by atoms with Crippen LogP contribution in [0, 0.1) is 0 Å². The Labute approximate surface area is 94.9 Å². The van der Waals surface area contributed by atoms with E-state index in [9.17, 15) is 0 Å². The third kappa shape index (κ3) is 58.6. The van der Waals surface area contributed by atoms with Crippen molar-refractivity contribution in [3.8, 4) is 0 Å². The smallest absolute Gasteiger partial charge is 0 e. The van der Waals surface area contributed by atoms with Gasteiger partial charge in [0.15, 0.2) is 0 Å². The molecule has 0 aliphatic heterocycles. The molecule has 0 rings (SSSR count). The molecular weight excluding hydrogens is 493 g/mol. The summed E-state index contributed by atoms with van der Waals surface area (Å²) in [5.74, 6) is 0. The summed E-state index contributed by atoms with van der Waals surface area (Å²) in [6.07, 6.45) is 0. The maximum absolute atomic E-state index is 8.67. The average Bonchev–Trinajstić information content (AvgIpc) is 0.811. The molecule has 0 saturated heterocycles. The van der Waals surface area contributed by atoms with Gasteiger partial charge in [-0.3, -0.25) is 9.11 Å². The Balaban J connectivity index is -0.0000000150. The molecule has 3 nitrogen and oxygen atoms in total. The molecule has 0 aliphatic carbocycles. The van der Waals surface area contributed by atoms with Gasteiger partial charge in [-0.2, -0.15) is 4.21 Å². The van der Waals surface area contributed by atoms with Crippen LogP contribution < -0.4 is 0 Å². The summed E-state index contributed by atoms with van der Waals surface area (Å²) in [4.78, 5) is 0. The summed E-state index contributed by atoms with van der Waals surface area (Å²) in [7, 11) is 0. The summed E-state index contributed by atoms with van der Waals surface area (Å²) in [5, 5.41) is 0. The molecule has 0 amide bonds. The predicted octanol–water partition coefficient (Wildman–Crippen LogP) is -0.972. The Morgan fingerprint density at radius 3 is 1.14 bits per heavy atom. The standard InChI is InChI=1S/Na.H2O3S.2Pt.H/c;1-4(2)3;;;/h;(H2,1,2,3);;;. The van der Waals surface area contributed by atoms with Gasteiger partial charge in [-0.1, -0.05) is 0 Å². The third-order valence-electron chi connectivity index (χ3n) is 0.